The zero-order valence-electron chi connectivity index (χ0n) is 13.3. The summed E-state index contributed by atoms with van der Waals surface area (Å²) in [7, 11) is 0. The highest BCUT2D eigenvalue weighted by Crippen LogP contribution is 2.38. The lowest BCUT2D eigenvalue weighted by Gasteiger charge is -2.16. The van der Waals surface area contributed by atoms with Crippen LogP contribution in [0.15, 0.2) is 18.5 Å². The Morgan fingerprint density at radius 2 is 2.16 bits per heavy atom. The number of carboxylic acids is 1. The predicted molar refractivity (Wildman–Crippen MR) is 89.7 cm³/mol. The molecule has 2 heterocycles. The van der Waals surface area contributed by atoms with E-state index in [-0.39, 0.29) is 5.56 Å². The lowest BCUT2D eigenvalue weighted by atomic mass is 9.96. The molecule has 1 aromatic carbocycles. The maximum Gasteiger partial charge on any atom is 0.342 e. The molecule has 3 aromatic rings. The van der Waals surface area contributed by atoms with Gasteiger partial charge in [0.2, 0.25) is 0 Å². The van der Waals surface area contributed by atoms with Crippen LogP contribution in [0.4, 0.5) is 10.2 Å². The third-order valence-corrected chi connectivity index (χ3v) is 4.35. The van der Waals surface area contributed by atoms with Crippen molar-refractivity contribution in [3.8, 4) is 5.75 Å². The molecule has 0 saturated heterocycles. The third-order valence-electron chi connectivity index (χ3n) is 4.07. The number of anilines is 1. The minimum atomic E-state index is -1.61. The summed E-state index contributed by atoms with van der Waals surface area (Å²) in [5.74, 6) is -3.28. The van der Waals surface area contributed by atoms with Crippen molar-refractivity contribution in [2.45, 2.75) is 19.8 Å². The van der Waals surface area contributed by atoms with Gasteiger partial charge in [0.25, 0.3) is 0 Å². The van der Waals surface area contributed by atoms with Crippen LogP contribution in [0.25, 0.3) is 5.52 Å². The Bertz CT molecular complexity index is 1020. The van der Waals surface area contributed by atoms with Gasteiger partial charge in [-0.1, -0.05) is 18.5 Å². The fraction of sp³-hybridized carbons (Fsp3) is 0.188. The average Bonchev–Trinajstić information content (AvgIpc) is 2.88. The number of aromatic hydroxyl groups is 1. The van der Waals surface area contributed by atoms with Gasteiger partial charge >= 0.3 is 5.97 Å². The monoisotopic (exact) mass is 364 g/mol. The molecule has 4 N–H and O–H groups in total. The Labute approximate surface area is 146 Å². The highest BCUT2D eigenvalue weighted by molar-refractivity contribution is 6.31. The average molecular weight is 365 g/mol. The molecule has 0 bridgehead atoms. The van der Waals surface area contributed by atoms with Crippen LogP contribution in [0.5, 0.6) is 5.75 Å². The largest absolute Gasteiger partial charge is 0.507 e. The molecule has 0 aliphatic carbocycles. The van der Waals surface area contributed by atoms with E-state index in [0.29, 0.717) is 22.9 Å². The lowest BCUT2D eigenvalue weighted by Crippen LogP contribution is -2.08. The number of nitrogen functional groups attached to an aromatic ring is 1. The van der Waals surface area contributed by atoms with Crippen LogP contribution in [0, 0.1) is 12.7 Å². The van der Waals surface area contributed by atoms with Crippen LogP contribution >= 0.6 is 11.6 Å². The van der Waals surface area contributed by atoms with Crippen molar-refractivity contribution in [3.05, 3.63) is 51.9 Å². The molecule has 0 spiro atoms. The first kappa shape index (κ1) is 17.0. The van der Waals surface area contributed by atoms with Crippen LogP contribution in [-0.2, 0) is 0 Å². The van der Waals surface area contributed by atoms with Crippen LogP contribution in [0.3, 0.4) is 0 Å². The Morgan fingerprint density at radius 3 is 2.80 bits per heavy atom. The van der Waals surface area contributed by atoms with E-state index in [0.717, 1.165) is 0 Å². The van der Waals surface area contributed by atoms with Crippen molar-refractivity contribution >= 4 is 28.9 Å². The number of nitrogens with zero attached hydrogens (tertiary/aromatic N) is 3. The molecule has 3 rings (SSSR count). The van der Waals surface area contributed by atoms with Gasteiger partial charge in [0.05, 0.1) is 10.7 Å². The van der Waals surface area contributed by atoms with Gasteiger partial charge in [-0.25, -0.2) is 19.2 Å². The van der Waals surface area contributed by atoms with Crippen molar-refractivity contribution in [1.82, 2.24) is 14.4 Å². The van der Waals surface area contributed by atoms with E-state index in [4.69, 9.17) is 22.4 Å². The smallest absolute Gasteiger partial charge is 0.342 e. The molecule has 1 atom stereocenters. The number of aryl methyl sites for hydroxylation is 1. The summed E-state index contributed by atoms with van der Waals surface area (Å²) in [5, 5.41) is 19.0. The summed E-state index contributed by atoms with van der Waals surface area (Å²) in [6, 6.07) is 1.20. The fourth-order valence-electron chi connectivity index (χ4n) is 2.87. The van der Waals surface area contributed by atoms with Gasteiger partial charge in [-0.2, -0.15) is 0 Å². The van der Waals surface area contributed by atoms with Gasteiger partial charge in [-0.05, 0) is 13.0 Å². The van der Waals surface area contributed by atoms with Crippen LogP contribution in [0.2, 0.25) is 5.02 Å². The van der Waals surface area contributed by atoms with Crippen LogP contribution in [0.1, 0.15) is 40.3 Å². The SMILES string of the molecule is Cc1nc(C(C)c2cc(Cl)c(F)c(C(=O)O)c2O)n2ccnc(N)c12. The summed E-state index contributed by atoms with van der Waals surface area (Å²) in [6.07, 6.45) is 3.15. The first-order valence-electron chi connectivity index (χ1n) is 7.27. The maximum atomic E-state index is 14.0. The van der Waals surface area contributed by atoms with E-state index in [1.807, 2.05) is 0 Å². The van der Waals surface area contributed by atoms with Crippen molar-refractivity contribution in [1.29, 1.82) is 0 Å². The number of halogens is 2. The number of aromatic nitrogens is 3. The van der Waals surface area contributed by atoms with Gasteiger partial charge in [-0.15, -0.1) is 0 Å². The minimum absolute atomic E-state index is 0.145. The lowest BCUT2D eigenvalue weighted by molar-refractivity contribution is 0.0688. The van der Waals surface area contributed by atoms with Gasteiger partial charge < -0.3 is 15.9 Å². The van der Waals surface area contributed by atoms with Crippen molar-refractivity contribution in [3.63, 3.8) is 0 Å². The molecule has 2 aromatic heterocycles. The summed E-state index contributed by atoms with van der Waals surface area (Å²) in [6.45, 7) is 3.45. The molecule has 0 saturated carbocycles. The molecule has 1 unspecified atom stereocenters. The third kappa shape index (κ3) is 2.54. The number of carboxylic acid groups (broad SMARTS) is 1. The molecule has 7 nitrogen and oxygen atoms in total. The van der Waals surface area contributed by atoms with Crippen molar-refractivity contribution in [2.24, 2.45) is 0 Å². The molecule has 0 radical (unpaired) electrons. The van der Waals surface area contributed by atoms with Gasteiger partial charge in [-0.3, -0.25) is 4.40 Å². The first-order valence-corrected chi connectivity index (χ1v) is 7.65. The number of aromatic carboxylic acids is 1. The quantitative estimate of drug-likeness (QED) is 0.658. The van der Waals surface area contributed by atoms with Gasteiger partial charge in [0.1, 0.15) is 28.5 Å². The van der Waals surface area contributed by atoms with E-state index in [1.165, 1.54) is 12.3 Å². The zero-order chi connectivity index (χ0) is 18.5. The highest BCUT2D eigenvalue weighted by atomic mass is 35.5. The Morgan fingerprint density at radius 1 is 1.48 bits per heavy atom. The maximum absolute atomic E-state index is 14.0. The van der Waals surface area contributed by atoms with E-state index in [1.54, 1.807) is 24.4 Å². The Balaban J connectivity index is 2.26. The summed E-state index contributed by atoms with van der Waals surface area (Å²) >= 11 is 5.81. The van der Waals surface area contributed by atoms with E-state index >= 15 is 0 Å². The predicted octanol–water partition coefficient (Wildman–Crippen LogP) is 2.97. The second kappa shape index (κ2) is 5.89. The number of rotatable bonds is 3. The number of benzene rings is 1. The molecule has 9 heteroatoms. The number of carbonyl (C=O) groups is 1. The highest BCUT2D eigenvalue weighted by Gasteiger charge is 2.27. The zero-order valence-corrected chi connectivity index (χ0v) is 14.0. The van der Waals surface area contributed by atoms with Crippen molar-refractivity contribution < 1.29 is 19.4 Å². The van der Waals surface area contributed by atoms with Crippen molar-refractivity contribution in [2.75, 3.05) is 5.73 Å². The Kier molecular flexibility index (Phi) is 4.00. The first-order chi connectivity index (χ1) is 11.7. The number of nitrogens with two attached hydrogens (primary N) is 1. The van der Waals surface area contributed by atoms with Crippen LogP contribution < -0.4 is 5.73 Å². The van der Waals surface area contributed by atoms with E-state index in [9.17, 15) is 14.3 Å². The molecule has 0 amide bonds. The van der Waals surface area contributed by atoms with E-state index in [2.05, 4.69) is 9.97 Å². The molecule has 130 valence electrons. The fourth-order valence-corrected chi connectivity index (χ4v) is 3.09. The summed E-state index contributed by atoms with van der Waals surface area (Å²) in [4.78, 5) is 19.7. The number of imidazole rings is 1. The van der Waals surface area contributed by atoms with E-state index < -0.39 is 34.0 Å². The number of hydrogen-bond donors (Lipinski definition) is 3. The van der Waals surface area contributed by atoms with Gasteiger partial charge in [0.15, 0.2) is 5.82 Å². The molecule has 0 aliphatic rings. The minimum Gasteiger partial charge on any atom is -0.507 e. The molecule has 25 heavy (non-hydrogen) atoms. The van der Waals surface area contributed by atoms with Gasteiger partial charge in [0, 0.05) is 23.9 Å². The second-order valence-electron chi connectivity index (χ2n) is 5.60. The number of hydrogen-bond acceptors (Lipinski definition) is 5. The normalized spacial score (nSPS) is 12.5. The summed E-state index contributed by atoms with van der Waals surface area (Å²) < 4.78 is 15.6. The molecular weight excluding hydrogens is 351 g/mol. The molecule has 0 fully saturated rings. The number of phenols is 1. The van der Waals surface area contributed by atoms with Crippen LogP contribution in [-0.4, -0.2) is 30.6 Å². The summed E-state index contributed by atoms with van der Waals surface area (Å²) in [5.41, 5.74) is 6.38. The molecular formula is C16H14ClFN4O3. The number of fused-ring (bicyclic) bond motifs is 1. The second-order valence-corrected chi connectivity index (χ2v) is 6.01. The standard InChI is InChI=1S/C16H14ClFN4O3/c1-6(8-5-9(17)11(18)10(13(8)23)16(24)25)15-21-7(2)12-14(19)20-3-4-22(12)15/h3-6,23H,1-2H3,(H2,19,20)(H,24,25). The topological polar surface area (TPSA) is 114 Å². The molecule has 0 aliphatic heterocycles. The Hall–Kier alpha value is -2.87.